The quantitative estimate of drug-likeness (QED) is 0.553. The van der Waals surface area contributed by atoms with Gasteiger partial charge in [-0.05, 0) is 80.6 Å². The van der Waals surface area contributed by atoms with Crippen LogP contribution in [0.2, 0.25) is 0 Å². The van der Waals surface area contributed by atoms with E-state index in [0.717, 1.165) is 44.2 Å². The lowest BCUT2D eigenvalue weighted by Crippen LogP contribution is -2.58. The number of aliphatic hydroxyl groups is 2. The van der Waals surface area contributed by atoms with Crippen molar-refractivity contribution in [1.29, 1.82) is 0 Å². The highest BCUT2D eigenvalue weighted by Crippen LogP contribution is 2.67. The van der Waals surface area contributed by atoms with Gasteiger partial charge in [0.1, 0.15) is 25.5 Å². The first-order chi connectivity index (χ1) is 13.8. The topological polar surface area (TPSA) is 83.6 Å². The molecule has 0 amide bonds. The summed E-state index contributed by atoms with van der Waals surface area (Å²) in [5, 5.41) is 29.8. The minimum atomic E-state index is -1.07. The smallest absolute Gasteiger partial charge is 0.115 e. The third kappa shape index (κ3) is 2.89. The van der Waals surface area contributed by atoms with Crippen molar-refractivity contribution in [2.75, 3.05) is 20.8 Å². The normalized spacial score (nSPS) is 45.9. The number of nitrogens with zero attached hydrogens (tertiary/aromatic N) is 2. The molecule has 162 valence electrons. The number of rotatable bonds is 4. The molecule has 0 radical (unpaired) electrons. The fraction of sp³-hybridized carbons (Fsp3) is 0.826. The SMILES string of the molecule is CO/N=C1\C=C2CC[C@@H]3[C@H](CC[C@@]4(C)[C@H]3CC[C@]4(O)/C(CO)=N\OC)[C@@]2(C)CC1. The molecule has 0 spiro atoms. The van der Waals surface area contributed by atoms with E-state index in [9.17, 15) is 10.2 Å². The average molecular weight is 405 g/mol. The third-order valence-electron chi connectivity index (χ3n) is 9.17. The molecule has 0 heterocycles. The van der Waals surface area contributed by atoms with Crippen LogP contribution in [0.1, 0.15) is 65.2 Å². The second-order valence-electron chi connectivity index (χ2n) is 10.0. The van der Waals surface area contributed by atoms with E-state index in [4.69, 9.17) is 9.68 Å². The highest BCUT2D eigenvalue weighted by Gasteiger charge is 2.65. The predicted molar refractivity (Wildman–Crippen MR) is 113 cm³/mol. The van der Waals surface area contributed by atoms with Crippen LogP contribution in [-0.2, 0) is 9.68 Å². The molecule has 0 aromatic carbocycles. The van der Waals surface area contributed by atoms with E-state index in [-0.39, 0.29) is 17.4 Å². The van der Waals surface area contributed by atoms with Crippen molar-refractivity contribution in [1.82, 2.24) is 0 Å². The van der Waals surface area contributed by atoms with Crippen LogP contribution in [-0.4, -0.2) is 48.1 Å². The second kappa shape index (κ2) is 7.38. The Kier molecular flexibility index (Phi) is 5.31. The summed E-state index contributed by atoms with van der Waals surface area (Å²) in [7, 11) is 3.09. The number of allylic oxidation sites excluding steroid dienone is 2. The zero-order valence-corrected chi connectivity index (χ0v) is 18.3. The fourth-order valence-electron chi connectivity index (χ4n) is 7.60. The summed E-state index contributed by atoms with van der Waals surface area (Å²) in [5.41, 5.74) is 1.88. The van der Waals surface area contributed by atoms with Crippen LogP contribution in [0.3, 0.4) is 0 Å². The van der Waals surface area contributed by atoms with Gasteiger partial charge in [0.25, 0.3) is 0 Å². The molecule has 4 aliphatic rings. The average Bonchev–Trinajstić information content (AvgIpc) is 2.98. The number of oxime groups is 2. The van der Waals surface area contributed by atoms with E-state index in [1.807, 2.05) is 0 Å². The molecule has 0 bridgehead atoms. The van der Waals surface area contributed by atoms with E-state index in [1.165, 1.54) is 19.1 Å². The molecule has 0 unspecified atom stereocenters. The maximum atomic E-state index is 11.7. The molecular formula is C23H36N2O4. The number of hydrogen-bond acceptors (Lipinski definition) is 6. The molecule has 6 heteroatoms. The summed E-state index contributed by atoms with van der Waals surface area (Å²) in [5.74, 6) is 1.70. The van der Waals surface area contributed by atoms with Gasteiger partial charge in [-0.25, -0.2) is 0 Å². The summed E-state index contributed by atoms with van der Waals surface area (Å²) in [6.07, 6.45) is 10.4. The highest BCUT2D eigenvalue weighted by molar-refractivity contribution is 5.96. The van der Waals surface area contributed by atoms with Gasteiger partial charge in [-0.2, -0.15) is 0 Å². The Morgan fingerprint density at radius 1 is 1.07 bits per heavy atom. The summed E-state index contributed by atoms with van der Waals surface area (Å²) in [6, 6.07) is 0. The lowest BCUT2D eigenvalue weighted by molar-refractivity contribution is -0.0966. The van der Waals surface area contributed by atoms with E-state index in [2.05, 4.69) is 30.2 Å². The molecule has 2 N–H and O–H groups in total. The van der Waals surface area contributed by atoms with E-state index in [0.29, 0.717) is 29.9 Å². The zero-order valence-electron chi connectivity index (χ0n) is 18.3. The van der Waals surface area contributed by atoms with Gasteiger partial charge in [0.15, 0.2) is 0 Å². The monoisotopic (exact) mass is 404 g/mol. The van der Waals surface area contributed by atoms with Gasteiger partial charge in [-0.1, -0.05) is 29.7 Å². The number of hydrogen-bond donors (Lipinski definition) is 2. The maximum absolute atomic E-state index is 11.7. The van der Waals surface area contributed by atoms with Crippen LogP contribution in [0.4, 0.5) is 0 Å². The van der Waals surface area contributed by atoms with Crippen molar-refractivity contribution < 1.29 is 19.9 Å². The van der Waals surface area contributed by atoms with Crippen molar-refractivity contribution in [3.05, 3.63) is 11.6 Å². The van der Waals surface area contributed by atoms with E-state index in [1.54, 1.807) is 7.11 Å². The van der Waals surface area contributed by atoms with Crippen LogP contribution >= 0.6 is 0 Å². The maximum Gasteiger partial charge on any atom is 0.115 e. The van der Waals surface area contributed by atoms with Gasteiger partial charge >= 0.3 is 0 Å². The third-order valence-corrected chi connectivity index (χ3v) is 9.17. The molecule has 3 saturated carbocycles. The molecule has 4 aliphatic carbocycles. The standard InChI is InChI=1S/C23H36N2O4/c1-21-10-7-16(24-28-3)13-15(21)5-6-17-18(21)8-11-22(2)19(17)9-12-23(22,27)20(14-26)25-29-4/h13,17-19,26-27H,5-12,14H2,1-4H3/b24-16-,25-20-/t17-,18+,19+,21+,22+,23+/m1/s1. The van der Waals surface area contributed by atoms with Crippen molar-refractivity contribution in [3.63, 3.8) is 0 Å². The molecule has 0 aliphatic heterocycles. The minimum Gasteiger partial charge on any atom is -0.399 e. The fourth-order valence-corrected chi connectivity index (χ4v) is 7.60. The molecule has 0 aromatic heterocycles. The van der Waals surface area contributed by atoms with Gasteiger partial charge in [-0.15, -0.1) is 0 Å². The van der Waals surface area contributed by atoms with Crippen molar-refractivity contribution >= 4 is 11.4 Å². The number of aliphatic hydroxyl groups excluding tert-OH is 1. The zero-order chi connectivity index (χ0) is 20.9. The number of fused-ring (bicyclic) bond motifs is 5. The van der Waals surface area contributed by atoms with Gasteiger partial charge < -0.3 is 19.9 Å². The van der Waals surface area contributed by atoms with E-state index >= 15 is 0 Å². The van der Waals surface area contributed by atoms with Crippen LogP contribution < -0.4 is 0 Å². The summed E-state index contributed by atoms with van der Waals surface area (Å²) >= 11 is 0. The lowest BCUT2D eigenvalue weighted by atomic mass is 9.46. The molecule has 3 fully saturated rings. The summed E-state index contributed by atoms with van der Waals surface area (Å²) < 4.78 is 0. The molecule has 0 saturated heterocycles. The molecule has 6 atom stereocenters. The van der Waals surface area contributed by atoms with Crippen molar-refractivity contribution in [3.8, 4) is 0 Å². The molecule has 6 nitrogen and oxygen atoms in total. The Labute approximate surface area is 174 Å². The summed E-state index contributed by atoms with van der Waals surface area (Å²) in [6.45, 7) is 4.42. The Hall–Kier alpha value is -1.40. The second-order valence-corrected chi connectivity index (χ2v) is 10.0. The van der Waals surface area contributed by atoms with Crippen molar-refractivity contribution in [2.24, 2.45) is 38.9 Å². The van der Waals surface area contributed by atoms with E-state index < -0.39 is 5.60 Å². The van der Waals surface area contributed by atoms with Crippen LogP contribution in [0.5, 0.6) is 0 Å². The Balaban J connectivity index is 1.65. The van der Waals surface area contributed by atoms with Gasteiger partial charge in [0.2, 0.25) is 0 Å². The van der Waals surface area contributed by atoms with Gasteiger partial charge in [0.05, 0.1) is 12.3 Å². The first-order valence-corrected chi connectivity index (χ1v) is 11.1. The summed E-state index contributed by atoms with van der Waals surface area (Å²) in [4.78, 5) is 9.98. The lowest BCUT2D eigenvalue weighted by Gasteiger charge is -2.59. The highest BCUT2D eigenvalue weighted by atomic mass is 16.6. The minimum absolute atomic E-state index is 0.220. The van der Waals surface area contributed by atoms with Gasteiger partial charge in [-0.3, -0.25) is 0 Å². The first-order valence-electron chi connectivity index (χ1n) is 11.1. The van der Waals surface area contributed by atoms with Gasteiger partial charge in [0, 0.05) is 5.41 Å². The molecule has 0 aromatic rings. The molecule has 4 rings (SSSR count). The first kappa shape index (κ1) is 20.9. The molecular weight excluding hydrogens is 368 g/mol. The van der Waals surface area contributed by atoms with Crippen LogP contribution in [0, 0.1) is 28.6 Å². The Morgan fingerprint density at radius 3 is 2.52 bits per heavy atom. The van der Waals surface area contributed by atoms with Crippen LogP contribution in [0.25, 0.3) is 0 Å². The Bertz CT molecular complexity index is 747. The predicted octanol–water partition coefficient (Wildman–Crippen LogP) is 3.68. The molecule has 29 heavy (non-hydrogen) atoms. The van der Waals surface area contributed by atoms with Crippen molar-refractivity contribution in [2.45, 2.75) is 70.8 Å². The Morgan fingerprint density at radius 2 is 1.83 bits per heavy atom. The largest absolute Gasteiger partial charge is 0.399 e. The van der Waals surface area contributed by atoms with Crippen LogP contribution in [0.15, 0.2) is 22.0 Å².